The molecule has 248 valence electrons. The highest BCUT2D eigenvalue weighted by Crippen LogP contribution is 2.68. The van der Waals surface area contributed by atoms with E-state index in [1.165, 1.54) is 19.6 Å². The van der Waals surface area contributed by atoms with Crippen molar-refractivity contribution in [2.45, 2.75) is 96.6 Å². The molecule has 4 unspecified atom stereocenters. The van der Waals surface area contributed by atoms with Crippen LogP contribution in [0.2, 0.25) is 0 Å². The summed E-state index contributed by atoms with van der Waals surface area (Å²) in [4.78, 5) is 76.2. The van der Waals surface area contributed by atoms with Crippen molar-refractivity contribution in [1.82, 2.24) is 5.32 Å². The summed E-state index contributed by atoms with van der Waals surface area (Å²) in [7, 11) is 1.22. The number of ether oxygens (including phenoxy) is 3. The zero-order valence-corrected chi connectivity index (χ0v) is 27.2. The van der Waals surface area contributed by atoms with Crippen molar-refractivity contribution in [2.75, 3.05) is 13.7 Å². The van der Waals surface area contributed by atoms with Gasteiger partial charge in [-0.05, 0) is 79.8 Å². The van der Waals surface area contributed by atoms with E-state index in [1.54, 1.807) is 30.3 Å². The minimum absolute atomic E-state index is 0.0331. The van der Waals surface area contributed by atoms with Gasteiger partial charge in [-0.2, -0.15) is 0 Å². The van der Waals surface area contributed by atoms with Gasteiger partial charge in [-0.15, -0.1) is 0 Å². The van der Waals surface area contributed by atoms with Crippen LogP contribution in [0.25, 0.3) is 0 Å². The number of fused-ring (bicyclic) bond motifs is 5. The highest BCUT2D eigenvalue weighted by Gasteiger charge is 2.68. The van der Waals surface area contributed by atoms with Crippen LogP contribution in [0.1, 0.15) is 96.6 Å². The average Bonchev–Trinajstić information content (AvgIpc) is 3.34. The molecule has 0 aliphatic heterocycles. The third-order valence-corrected chi connectivity index (χ3v) is 11.6. The minimum atomic E-state index is -1.41. The zero-order valence-electron chi connectivity index (χ0n) is 27.2. The van der Waals surface area contributed by atoms with Crippen LogP contribution in [0.4, 0.5) is 0 Å². The van der Waals surface area contributed by atoms with E-state index >= 15 is 0 Å². The van der Waals surface area contributed by atoms with Crippen LogP contribution < -0.4 is 5.32 Å². The smallest absolute Gasteiger partial charge is 0.333 e. The van der Waals surface area contributed by atoms with Crippen LogP contribution >= 0.6 is 0 Å². The molecule has 0 saturated heterocycles. The number of nitrogens with one attached hydrogen (secondary N) is 1. The van der Waals surface area contributed by atoms with E-state index in [-0.39, 0.29) is 30.0 Å². The van der Waals surface area contributed by atoms with Gasteiger partial charge in [0.2, 0.25) is 11.7 Å². The Kier molecular flexibility index (Phi) is 9.57. The molecular formula is C36H45NO9. The second kappa shape index (κ2) is 13.1. The van der Waals surface area contributed by atoms with E-state index < -0.39 is 53.3 Å². The molecule has 7 atom stereocenters. The molecule has 0 spiro atoms. The lowest BCUT2D eigenvalue weighted by Gasteiger charge is -2.59. The van der Waals surface area contributed by atoms with E-state index in [9.17, 15) is 28.8 Å². The van der Waals surface area contributed by atoms with E-state index in [4.69, 9.17) is 14.2 Å². The highest BCUT2D eigenvalue weighted by molar-refractivity contribution is 5.94. The number of Topliss-reactive ketones (excluding diaryl/α,β-unsaturated/α-hetero) is 1. The Morgan fingerprint density at radius 2 is 1.65 bits per heavy atom. The second-order valence-electron chi connectivity index (χ2n) is 13.9. The Labute approximate surface area is 270 Å². The van der Waals surface area contributed by atoms with Gasteiger partial charge in [0.15, 0.2) is 24.0 Å². The van der Waals surface area contributed by atoms with Gasteiger partial charge in [-0.25, -0.2) is 4.79 Å². The SMILES string of the molecule is COC(=O)C(NC(=O)CCC(=O)OCC(=O)[C@@]1(OC(C)=O)CCC2C3CCC4=CC(=O)CC[C@]4(C)C3CC[C@@]21C)c1ccccc1. The first-order valence-electron chi connectivity index (χ1n) is 16.4. The van der Waals surface area contributed by atoms with Crippen LogP contribution in [0, 0.1) is 28.6 Å². The lowest BCUT2D eigenvalue weighted by molar-refractivity contribution is -0.191. The topological polar surface area (TPSA) is 142 Å². The number of ketones is 2. The quantitative estimate of drug-likeness (QED) is 0.285. The third-order valence-electron chi connectivity index (χ3n) is 11.6. The Morgan fingerprint density at radius 1 is 0.935 bits per heavy atom. The van der Waals surface area contributed by atoms with Crippen LogP contribution in [-0.4, -0.2) is 54.7 Å². The first-order chi connectivity index (χ1) is 21.8. The third kappa shape index (κ3) is 6.02. The van der Waals surface area contributed by atoms with Crippen LogP contribution in [-0.2, 0) is 43.0 Å². The molecule has 10 nitrogen and oxygen atoms in total. The van der Waals surface area contributed by atoms with E-state index in [0.717, 1.165) is 32.1 Å². The molecule has 0 bridgehead atoms. The normalized spacial score (nSPS) is 32.0. The van der Waals surface area contributed by atoms with Crippen LogP contribution in [0.3, 0.4) is 0 Å². The predicted octanol–water partition coefficient (Wildman–Crippen LogP) is 4.74. The number of hydrogen-bond donors (Lipinski definition) is 1. The van der Waals surface area contributed by atoms with Gasteiger partial charge in [-0.1, -0.05) is 49.8 Å². The molecule has 0 aromatic heterocycles. The summed E-state index contributed by atoms with van der Waals surface area (Å²) in [5.74, 6) is -1.84. The maximum atomic E-state index is 14.0. The first kappa shape index (κ1) is 33.5. The summed E-state index contributed by atoms with van der Waals surface area (Å²) < 4.78 is 16.2. The molecule has 0 heterocycles. The van der Waals surface area contributed by atoms with Crippen molar-refractivity contribution < 1.29 is 43.0 Å². The fourth-order valence-electron chi connectivity index (χ4n) is 9.31. The van der Waals surface area contributed by atoms with Gasteiger partial charge in [0.05, 0.1) is 13.5 Å². The number of allylic oxidation sites excluding steroid dienone is 1. The maximum Gasteiger partial charge on any atom is 0.333 e. The van der Waals surface area contributed by atoms with Gasteiger partial charge in [0, 0.05) is 25.2 Å². The number of amides is 1. The van der Waals surface area contributed by atoms with Crippen molar-refractivity contribution in [1.29, 1.82) is 0 Å². The molecular weight excluding hydrogens is 590 g/mol. The summed E-state index contributed by atoms with van der Waals surface area (Å²) in [6.45, 7) is 5.08. The minimum Gasteiger partial charge on any atom is -0.467 e. The average molecular weight is 636 g/mol. The number of hydrogen-bond acceptors (Lipinski definition) is 9. The summed E-state index contributed by atoms with van der Waals surface area (Å²) in [6, 6.07) is 7.58. The molecule has 5 rings (SSSR count). The zero-order chi connectivity index (χ0) is 33.3. The van der Waals surface area contributed by atoms with Crippen LogP contribution in [0.15, 0.2) is 42.0 Å². The fourth-order valence-corrected chi connectivity index (χ4v) is 9.31. The number of benzene rings is 1. The first-order valence-corrected chi connectivity index (χ1v) is 16.4. The molecule has 10 heteroatoms. The summed E-state index contributed by atoms with van der Waals surface area (Å²) >= 11 is 0. The number of esters is 3. The lowest BCUT2D eigenvalue weighted by Crippen LogP contribution is -2.59. The largest absolute Gasteiger partial charge is 0.467 e. The molecule has 4 aliphatic rings. The van der Waals surface area contributed by atoms with Crippen LogP contribution in [0.5, 0.6) is 0 Å². The van der Waals surface area contributed by atoms with Crippen molar-refractivity contribution in [2.24, 2.45) is 28.6 Å². The van der Waals surface area contributed by atoms with Gasteiger partial charge < -0.3 is 19.5 Å². The standard InChI is InChI=1S/C36H45NO9/c1-22(38)46-36(19-16-28-26-11-10-24-20-25(39)14-17-34(24,2)27(26)15-18-35(28,36)3)29(40)21-45-31(42)13-12-30(41)37-32(33(43)44-4)23-8-6-5-7-9-23/h5-9,20,26-28,32H,10-19,21H2,1-4H3,(H,37,41)/t26?,27?,28?,32?,34-,35-,36-/m0/s1. The monoisotopic (exact) mass is 635 g/mol. The van der Waals surface area contributed by atoms with Gasteiger partial charge >= 0.3 is 17.9 Å². The summed E-state index contributed by atoms with van der Waals surface area (Å²) in [6.07, 6.45) is 7.15. The van der Waals surface area contributed by atoms with Gasteiger partial charge in [0.1, 0.15) is 0 Å². The molecule has 0 radical (unpaired) electrons. The van der Waals surface area contributed by atoms with Gasteiger partial charge in [0.25, 0.3) is 0 Å². The summed E-state index contributed by atoms with van der Waals surface area (Å²) in [5.41, 5.74) is -0.262. The van der Waals surface area contributed by atoms with Gasteiger partial charge in [-0.3, -0.25) is 24.0 Å². The molecule has 1 aromatic rings. The number of methoxy groups -OCH3 is 1. The Balaban J connectivity index is 1.23. The Hall–Kier alpha value is -3.82. The van der Waals surface area contributed by atoms with E-state index in [0.29, 0.717) is 36.7 Å². The molecule has 46 heavy (non-hydrogen) atoms. The van der Waals surface area contributed by atoms with E-state index in [2.05, 4.69) is 19.2 Å². The molecule has 4 aliphatic carbocycles. The van der Waals surface area contributed by atoms with Crippen molar-refractivity contribution in [3.05, 3.63) is 47.5 Å². The molecule has 1 N–H and O–H groups in total. The van der Waals surface area contributed by atoms with Crippen molar-refractivity contribution >= 4 is 35.4 Å². The molecule has 3 saturated carbocycles. The molecule has 1 amide bonds. The fraction of sp³-hybridized carbons (Fsp3) is 0.611. The van der Waals surface area contributed by atoms with Crippen molar-refractivity contribution in [3.63, 3.8) is 0 Å². The summed E-state index contributed by atoms with van der Waals surface area (Å²) in [5, 5.41) is 2.59. The maximum absolute atomic E-state index is 14.0. The Morgan fingerprint density at radius 3 is 2.35 bits per heavy atom. The predicted molar refractivity (Wildman–Crippen MR) is 166 cm³/mol. The molecule has 1 aromatic carbocycles. The number of rotatable bonds is 10. The van der Waals surface area contributed by atoms with Crippen molar-refractivity contribution in [3.8, 4) is 0 Å². The Bertz CT molecular complexity index is 1440. The highest BCUT2D eigenvalue weighted by atomic mass is 16.6. The molecule has 3 fully saturated rings. The second-order valence-corrected chi connectivity index (χ2v) is 13.9. The van der Waals surface area contributed by atoms with E-state index in [1.807, 2.05) is 6.08 Å². The number of carbonyl (C=O) groups is 6. The number of carbonyl (C=O) groups excluding carboxylic acids is 6. The lowest BCUT2D eigenvalue weighted by atomic mass is 9.46.